The number of amides is 1. The first-order valence-corrected chi connectivity index (χ1v) is 10.3. The van der Waals surface area contributed by atoms with Gasteiger partial charge in [-0.1, -0.05) is 35.9 Å². The van der Waals surface area contributed by atoms with Crippen LogP contribution >= 0.6 is 11.6 Å². The molecule has 0 unspecified atom stereocenters. The normalized spacial score (nSPS) is 14.1. The number of anilines is 1. The number of nitrogens with zero attached hydrogens (tertiary/aromatic N) is 3. The van der Waals surface area contributed by atoms with Crippen molar-refractivity contribution in [3.63, 3.8) is 0 Å². The van der Waals surface area contributed by atoms with Crippen molar-refractivity contribution in [2.75, 3.05) is 18.9 Å². The van der Waals surface area contributed by atoms with Crippen LogP contribution in [0.5, 0.6) is 0 Å². The minimum Gasteiger partial charge on any atom is -0.361 e. The predicted molar refractivity (Wildman–Crippen MR) is 120 cm³/mol. The van der Waals surface area contributed by atoms with E-state index in [0.717, 1.165) is 52.9 Å². The van der Waals surface area contributed by atoms with E-state index >= 15 is 0 Å². The van der Waals surface area contributed by atoms with Gasteiger partial charge in [0.25, 0.3) is 5.91 Å². The first-order chi connectivity index (χ1) is 14.5. The standard InChI is InChI=1S/C23H22ClN5O/c1-28-12-10-20-19(13-28)26-22(29(20)2)23(30)27-18-8-4-6-16(21(18)24)14-5-3-7-17-15(14)9-11-25-17/h3-9,11,25H,10,12-13H2,1-2H3,(H,27,30). The lowest BCUT2D eigenvalue weighted by atomic mass is 10.0. The van der Waals surface area contributed by atoms with Crippen LogP contribution in [0.15, 0.2) is 48.7 Å². The molecule has 7 heteroatoms. The number of hydrogen-bond donors (Lipinski definition) is 2. The molecule has 0 spiro atoms. The number of rotatable bonds is 3. The Kier molecular flexibility index (Phi) is 4.60. The molecule has 0 saturated carbocycles. The summed E-state index contributed by atoms with van der Waals surface area (Å²) in [5.41, 5.74) is 5.60. The summed E-state index contributed by atoms with van der Waals surface area (Å²) in [6.07, 6.45) is 2.80. The molecular formula is C23H22ClN5O. The highest BCUT2D eigenvalue weighted by Gasteiger charge is 2.24. The number of nitrogens with one attached hydrogen (secondary N) is 2. The molecule has 1 aliphatic heterocycles. The van der Waals surface area contributed by atoms with E-state index in [1.807, 2.05) is 60.3 Å². The fourth-order valence-electron chi connectivity index (χ4n) is 4.20. The van der Waals surface area contributed by atoms with Crippen LogP contribution in [0.4, 0.5) is 5.69 Å². The number of likely N-dealkylation sites (N-methyl/N-ethyl adjacent to an activating group) is 1. The molecule has 0 radical (unpaired) electrons. The van der Waals surface area contributed by atoms with E-state index < -0.39 is 0 Å². The van der Waals surface area contributed by atoms with Crippen molar-refractivity contribution < 1.29 is 4.79 Å². The number of fused-ring (bicyclic) bond motifs is 2. The molecule has 6 nitrogen and oxygen atoms in total. The van der Waals surface area contributed by atoms with Gasteiger partial charge in [0, 0.05) is 54.9 Å². The zero-order valence-corrected chi connectivity index (χ0v) is 17.6. The molecule has 0 bridgehead atoms. The van der Waals surface area contributed by atoms with E-state index in [-0.39, 0.29) is 5.91 Å². The van der Waals surface area contributed by atoms with Crippen molar-refractivity contribution in [1.29, 1.82) is 0 Å². The van der Waals surface area contributed by atoms with Gasteiger partial charge in [-0.05, 0) is 30.8 Å². The van der Waals surface area contributed by atoms with Crippen LogP contribution in [0.3, 0.4) is 0 Å². The Morgan fingerprint density at radius 1 is 1.13 bits per heavy atom. The number of aromatic amines is 1. The minimum atomic E-state index is -0.256. The van der Waals surface area contributed by atoms with Gasteiger partial charge < -0.3 is 19.8 Å². The third kappa shape index (κ3) is 3.09. The number of carbonyl (C=O) groups is 1. The maximum atomic E-state index is 13.0. The third-order valence-corrected chi connectivity index (χ3v) is 6.19. The number of hydrogen-bond acceptors (Lipinski definition) is 3. The van der Waals surface area contributed by atoms with Crippen LogP contribution in [-0.4, -0.2) is 38.9 Å². The van der Waals surface area contributed by atoms with Gasteiger partial charge in [-0.2, -0.15) is 0 Å². The summed E-state index contributed by atoms with van der Waals surface area (Å²) in [5, 5.41) is 4.56. The van der Waals surface area contributed by atoms with E-state index in [4.69, 9.17) is 11.6 Å². The number of H-pyrrole nitrogens is 1. The van der Waals surface area contributed by atoms with Gasteiger partial charge in [0.2, 0.25) is 0 Å². The van der Waals surface area contributed by atoms with Crippen LogP contribution < -0.4 is 5.32 Å². The van der Waals surface area contributed by atoms with E-state index in [2.05, 4.69) is 27.2 Å². The zero-order chi connectivity index (χ0) is 20.8. The van der Waals surface area contributed by atoms with Gasteiger partial charge in [-0.25, -0.2) is 4.98 Å². The fraction of sp³-hybridized carbons (Fsp3) is 0.217. The summed E-state index contributed by atoms with van der Waals surface area (Å²) < 4.78 is 1.90. The predicted octanol–water partition coefficient (Wildman–Crippen LogP) is 4.46. The van der Waals surface area contributed by atoms with Crippen LogP contribution in [0, 0.1) is 0 Å². The summed E-state index contributed by atoms with van der Waals surface area (Å²) >= 11 is 6.74. The summed E-state index contributed by atoms with van der Waals surface area (Å²) in [5.74, 6) is 0.151. The number of imidazole rings is 1. The highest BCUT2D eigenvalue weighted by Crippen LogP contribution is 2.37. The molecule has 2 N–H and O–H groups in total. The summed E-state index contributed by atoms with van der Waals surface area (Å²) in [7, 11) is 3.96. The average Bonchev–Trinajstić information content (AvgIpc) is 3.34. The van der Waals surface area contributed by atoms with Crippen molar-refractivity contribution in [3.05, 3.63) is 70.9 Å². The second kappa shape index (κ2) is 7.31. The fourth-order valence-corrected chi connectivity index (χ4v) is 4.47. The molecule has 3 heterocycles. The molecular weight excluding hydrogens is 398 g/mol. The molecule has 0 fully saturated rings. The van der Waals surface area contributed by atoms with Gasteiger partial charge in [-0.15, -0.1) is 0 Å². The molecule has 1 aliphatic rings. The van der Waals surface area contributed by atoms with Crippen LogP contribution in [-0.2, 0) is 20.0 Å². The second-order valence-corrected chi connectivity index (χ2v) is 8.12. The molecule has 1 amide bonds. The average molecular weight is 420 g/mol. The van der Waals surface area contributed by atoms with Crippen LogP contribution in [0.2, 0.25) is 5.02 Å². The second-order valence-electron chi connectivity index (χ2n) is 7.74. The Bertz CT molecular complexity index is 1270. The Morgan fingerprint density at radius 2 is 1.93 bits per heavy atom. The Labute approximate surface area is 179 Å². The molecule has 4 aromatic rings. The van der Waals surface area contributed by atoms with Crippen molar-refractivity contribution in [3.8, 4) is 11.1 Å². The monoisotopic (exact) mass is 419 g/mol. The Hall–Kier alpha value is -3.09. The molecule has 0 saturated heterocycles. The van der Waals surface area contributed by atoms with Gasteiger partial charge in [0.05, 0.1) is 16.4 Å². The third-order valence-electron chi connectivity index (χ3n) is 5.78. The topological polar surface area (TPSA) is 66.0 Å². The van der Waals surface area contributed by atoms with Gasteiger partial charge in [0.1, 0.15) is 0 Å². The molecule has 2 aromatic carbocycles. The first kappa shape index (κ1) is 18.9. The first-order valence-electron chi connectivity index (χ1n) is 9.92. The van der Waals surface area contributed by atoms with E-state index in [1.165, 1.54) is 0 Å². The maximum absolute atomic E-state index is 13.0. The highest BCUT2D eigenvalue weighted by atomic mass is 35.5. The maximum Gasteiger partial charge on any atom is 0.291 e. The number of benzene rings is 2. The lowest BCUT2D eigenvalue weighted by molar-refractivity contribution is 0.101. The largest absolute Gasteiger partial charge is 0.361 e. The van der Waals surface area contributed by atoms with Crippen molar-refractivity contribution in [2.45, 2.75) is 13.0 Å². The summed E-state index contributed by atoms with van der Waals surface area (Å²) in [6, 6.07) is 13.8. The van der Waals surface area contributed by atoms with Crippen molar-refractivity contribution >= 4 is 34.1 Å². The van der Waals surface area contributed by atoms with E-state index in [1.54, 1.807) is 0 Å². The molecule has 2 aromatic heterocycles. The van der Waals surface area contributed by atoms with E-state index in [9.17, 15) is 4.79 Å². The van der Waals surface area contributed by atoms with Gasteiger partial charge in [-0.3, -0.25) is 4.79 Å². The molecule has 5 rings (SSSR count). The zero-order valence-electron chi connectivity index (χ0n) is 16.9. The van der Waals surface area contributed by atoms with Gasteiger partial charge in [0.15, 0.2) is 5.82 Å². The number of carbonyl (C=O) groups excluding carboxylic acids is 1. The molecule has 152 valence electrons. The molecule has 30 heavy (non-hydrogen) atoms. The SMILES string of the molecule is CN1CCc2c(nc(C(=O)Nc3cccc(-c4cccc5[nH]ccc45)c3Cl)n2C)C1. The smallest absolute Gasteiger partial charge is 0.291 e. The quantitative estimate of drug-likeness (QED) is 0.515. The molecule has 0 atom stereocenters. The molecule has 0 aliphatic carbocycles. The van der Waals surface area contributed by atoms with Gasteiger partial charge >= 0.3 is 0 Å². The Morgan fingerprint density at radius 3 is 2.80 bits per heavy atom. The summed E-state index contributed by atoms with van der Waals surface area (Å²) in [6.45, 7) is 1.72. The van der Waals surface area contributed by atoms with E-state index in [0.29, 0.717) is 16.5 Å². The van der Waals surface area contributed by atoms with Crippen LogP contribution in [0.25, 0.3) is 22.0 Å². The lowest BCUT2D eigenvalue weighted by Gasteiger charge is -2.21. The van der Waals surface area contributed by atoms with Crippen molar-refractivity contribution in [2.24, 2.45) is 7.05 Å². The Balaban J connectivity index is 1.49. The summed E-state index contributed by atoms with van der Waals surface area (Å²) in [4.78, 5) is 23.1. The number of aromatic nitrogens is 3. The lowest BCUT2D eigenvalue weighted by Crippen LogP contribution is -2.27. The minimum absolute atomic E-state index is 0.256. The highest BCUT2D eigenvalue weighted by molar-refractivity contribution is 6.37. The van der Waals surface area contributed by atoms with Crippen molar-refractivity contribution in [1.82, 2.24) is 19.4 Å². The number of halogens is 1. The van der Waals surface area contributed by atoms with Crippen LogP contribution in [0.1, 0.15) is 22.0 Å².